The fraction of sp³-hybridized carbons (Fsp3) is 0.294. The number of hydrogen-bond donors (Lipinski definition) is 2. The number of pyridine rings is 4. The van der Waals surface area contributed by atoms with Gasteiger partial charge in [0.1, 0.15) is 52.7 Å². The Labute approximate surface area is 821 Å². The third kappa shape index (κ3) is 18.9. The molecule has 0 fully saturated rings. The number of aryl methyl sites for hydroxylation is 2. The second-order valence-electron chi connectivity index (χ2n) is 39.9. The molecule has 726 valence electrons. The lowest BCUT2D eigenvalue weighted by Gasteiger charge is -2.31. The smallest absolute Gasteiger partial charge is 0.337 e. The number of fused-ring (bicyclic) bond motifs is 6. The monoisotopic (exact) mass is 1910 g/mol. The van der Waals surface area contributed by atoms with Crippen LogP contribution in [0.25, 0.3) is 142 Å². The van der Waals surface area contributed by atoms with Crippen molar-refractivity contribution >= 4 is 121 Å². The fourth-order valence-electron chi connectivity index (χ4n) is 20.9. The maximum atomic E-state index is 15.7. The first-order chi connectivity index (χ1) is 67.9. The topological polar surface area (TPSA) is 253 Å². The average Bonchev–Trinajstić information content (AvgIpc) is 0.890. The van der Waals surface area contributed by atoms with Crippen LogP contribution in [0, 0.1) is 38.2 Å². The van der Waals surface area contributed by atoms with E-state index in [1.165, 1.54) is 30.5 Å². The molecule has 2 N–H and O–H groups in total. The Kier molecular flexibility index (Phi) is 27.2. The summed E-state index contributed by atoms with van der Waals surface area (Å²) >= 11 is 0. The second kappa shape index (κ2) is 39.4. The van der Waals surface area contributed by atoms with Crippen LogP contribution in [0.3, 0.4) is 0 Å². The minimum atomic E-state index is -1.19. The zero-order chi connectivity index (χ0) is 100. The van der Waals surface area contributed by atoms with E-state index >= 15 is 8.78 Å². The largest absolute Gasteiger partial charge is 0.493 e. The van der Waals surface area contributed by atoms with Crippen LogP contribution >= 0.6 is 0 Å². The molecule has 13 aromatic carbocycles. The van der Waals surface area contributed by atoms with Crippen molar-refractivity contribution in [2.24, 2.45) is 0 Å². The number of ketones is 2. The van der Waals surface area contributed by atoms with E-state index in [-0.39, 0.29) is 46.7 Å². The van der Waals surface area contributed by atoms with E-state index in [0.717, 1.165) is 179 Å². The van der Waals surface area contributed by atoms with Gasteiger partial charge < -0.3 is 57.6 Å². The summed E-state index contributed by atoms with van der Waals surface area (Å²) in [5.41, 5.74) is 15.1. The molecule has 142 heavy (non-hydrogen) atoms. The van der Waals surface area contributed by atoms with Gasteiger partial charge in [0.05, 0.1) is 89.5 Å². The van der Waals surface area contributed by atoms with Crippen LogP contribution < -0.4 is 18.9 Å². The maximum Gasteiger partial charge on any atom is 0.337 e. The number of aliphatic carboxylic acids is 2. The van der Waals surface area contributed by atoms with Crippen molar-refractivity contribution in [2.45, 2.75) is 176 Å². The standard InChI is InChI=1S/C32H29NO3.C29H26F3NO3.2C29H29NO5/c1-19(34)31(36-32(2,3)4)29-24-12-8-6-10-22(24)21-9-5-7-11-23(21)28(29)25-13-14-26-27-20(16-18-35-26)15-17-33-30(25)27;1-14-22(28(15(2)34)36-29(3,4)5)24(19-12-17(30)13-20(31)25(19)26(14)32)18-6-7-21-23-16(9-11-35-21)8-10-33-27(18)23;2*1-17-15-19-7-5-6-8-20(19)25(23(17)27(28(31)32)35-29(2,3)16-33-4)21-9-10-22-24-18(12-14-34-22)11-13-30-26(21)24/h5-15,17,31H,16,18H2,1-4H3;6-8,10,12-13,28H,9,11H2,1-5H3;2*5-11,13,15,27H,12,14,16H2,1-4H3,(H,31,32)/t31-;28-;2*27-/m1100/s1. The van der Waals surface area contributed by atoms with E-state index in [9.17, 15) is 33.8 Å². The molecule has 0 amide bonds. The molecule has 4 aliphatic rings. The molecule has 17 aromatic rings. The SMILES string of the molecule is CC(=O)[C@@H](OC(C)(C)C)c1c(-c2ccc3c4c(ccnc24)CCO3)c2ccccc2c2ccccc12.CC(=O)[C@@H](OC(C)(C)C)c1c(C)c(F)c2c(F)cc(F)cc2c1-c1ccc2c3c(ccnc13)CCO2.COCC(C)(C)O[C@H](C(=O)O)c1c(C)cc2ccccc2c1-c1ccc2c3c(ccnc13)CCO2.COCC(C)(C)O[C@H](C(=O)O)c1c(C)cc2ccccc2c1-c1ccc2c3c(ccnc13)CCO2. The van der Waals surface area contributed by atoms with Gasteiger partial charge in [-0.15, -0.1) is 0 Å². The molecule has 0 bridgehead atoms. The fourth-order valence-corrected chi connectivity index (χ4v) is 20.9. The predicted octanol–water partition coefficient (Wildman–Crippen LogP) is 26.5. The molecule has 20 nitrogen and oxygen atoms in total. The van der Waals surface area contributed by atoms with E-state index in [4.69, 9.17) is 62.3 Å². The lowest BCUT2D eigenvalue weighted by Crippen LogP contribution is -2.35. The van der Waals surface area contributed by atoms with Gasteiger partial charge in [-0.2, -0.15) is 0 Å². The molecular formula is C119H113F3N4O16. The Hall–Kier alpha value is -14.2. The quantitative estimate of drug-likeness (QED) is 0.0598. The Balaban J connectivity index is 0.000000125. The number of aromatic nitrogens is 4. The van der Waals surface area contributed by atoms with Crippen LogP contribution in [0.1, 0.15) is 169 Å². The predicted molar refractivity (Wildman–Crippen MR) is 550 cm³/mol. The molecule has 4 aromatic heterocycles. The summed E-state index contributed by atoms with van der Waals surface area (Å²) in [5.74, 6) is -2.07. The first-order valence-corrected chi connectivity index (χ1v) is 47.8. The van der Waals surface area contributed by atoms with Crippen LogP contribution in [0.15, 0.2) is 219 Å². The van der Waals surface area contributed by atoms with Gasteiger partial charge in [-0.3, -0.25) is 29.5 Å². The van der Waals surface area contributed by atoms with Gasteiger partial charge in [0.2, 0.25) is 0 Å². The minimum absolute atomic E-state index is 0.00795. The highest BCUT2D eigenvalue weighted by molar-refractivity contribution is 6.20. The van der Waals surface area contributed by atoms with Crippen molar-refractivity contribution in [3.05, 3.63) is 298 Å². The lowest BCUT2D eigenvalue weighted by molar-refractivity contribution is -0.167. The number of carboxylic acid groups (broad SMARTS) is 2. The van der Waals surface area contributed by atoms with Crippen molar-refractivity contribution in [3.63, 3.8) is 0 Å². The van der Waals surface area contributed by atoms with E-state index in [1.54, 1.807) is 60.2 Å². The summed E-state index contributed by atoms with van der Waals surface area (Å²) in [6.45, 7) is 30.0. The number of Topliss-reactive ketones (excluding diaryl/α,β-unsaturated/α-hetero) is 2. The third-order valence-corrected chi connectivity index (χ3v) is 26.5. The van der Waals surface area contributed by atoms with Crippen LogP contribution in [0.5, 0.6) is 23.0 Å². The van der Waals surface area contributed by atoms with Gasteiger partial charge in [0.25, 0.3) is 0 Å². The molecule has 0 spiro atoms. The second-order valence-corrected chi connectivity index (χ2v) is 39.9. The third-order valence-electron chi connectivity index (χ3n) is 26.5. The molecular weight excluding hydrogens is 1800 g/mol. The highest BCUT2D eigenvalue weighted by atomic mass is 19.1. The van der Waals surface area contributed by atoms with E-state index < -0.39 is 76.2 Å². The summed E-state index contributed by atoms with van der Waals surface area (Å²) in [4.78, 5) is 70.5. The van der Waals surface area contributed by atoms with E-state index in [2.05, 4.69) is 53.5 Å². The molecule has 4 atom stereocenters. The van der Waals surface area contributed by atoms with Crippen molar-refractivity contribution in [3.8, 4) is 67.5 Å². The summed E-state index contributed by atoms with van der Waals surface area (Å²) in [6.07, 6.45) is 6.06. The number of carbonyl (C=O) groups is 4. The first-order valence-electron chi connectivity index (χ1n) is 47.8. The van der Waals surface area contributed by atoms with Gasteiger partial charge in [-0.25, -0.2) is 22.8 Å². The van der Waals surface area contributed by atoms with Crippen LogP contribution in [-0.4, -0.2) is 130 Å². The molecule has 0 radical (unpaired) electrons. The Morgan fingerprint density at radius 3 is 1.02 bits per heavy atom. The number of ether oxygens (including phenoxy) is 10. The number of rotatable bonds is 22. The molecule has 0 unspecified atom stereocenters. The molecule has 21 rings (SSSR count). The first kappa shape index (κ1) is 98.0. The van der Waals surface area contributed by atoms with Crippen molar-refractivity contribution in [2.75, 3.05) is 53.9 Å². The zero-order valence-corrected chi connectivity index (χ0v) is 82.7. The van der Waals surface area contributed by atoms with Gasteiger partial charge in [0.15, 0.2) is 23.8 Å². The molecule has 0 saturated carbocycles. The number of carboxylic acids is 2. The van der Waals surface area contributed by atoms with E-state index in [0.29, 0.717) is 72.4 Å². The lowest BCUT2D eigenvalue weighted by atomic mass is 9.83. The maximum absolute atomic E-state index is 15.7. The summed E-state index contributed by atoms with van der Waals surface area (Å²) < 4.78 is 105. The molecule has 0 saturated heterocycles. The van der Waals surface area contributed by atoms with Crippen LogP contribution in [-0.2, 0) is 73.3 Å². The van der Waals surface area contributed by atoms with Crippen molar-refractivity contribution in [1.29, 1.82) is 0 Å². The van der Waals surface area contributed by atoms with E-state index in [1.807, 2.05) is 202 Å². The highest BCUT2D eigenvalue weighted by Gasteiger charge is 2.40. The van der Waals surface area contributed by atoms with Crippen molar-refractivity contribution < 1.29 is 89.9 Å². The number of nitrogens with zero attached hydrogens (tertiary/aromatic N) is 4. The molecule has 0 aliphatic carbocycles. The Morgan fingerprint density at radius 1 is 0.359 bits per heavy atom. The van der Waals surface area contributed by atoms with Crippen LogP contribution in [0.2, 0.25) is 0 Å². The van der Waals surface area contributed by atoms with Crippen molar-refractivity contribution in [1.82, 2.24) is 19.9 Å². The van der Waals surface area contributed by atoms with Crippen LogP contribution in [0.4, 0.5) is 13.2 Å². The molecule has 23 heteroatoms. The van der Waals surface area contributed by atoms with Gasteiger partial charge in [-0.1, -0.05) is 109 Å². The molecule has 4 aliphatic heterocycles. The molecule has 8 heterocycles. The average molecular weight is 1910 g/mol. The normalized spacial score (nSPS) is 14.2. The summed E-state index contributed by atoms with van der Waals surface area (Å²) in [6, 6.07) is 62.2. The number of carbonyl (C=O) groups excluding carboxylic acids is 2. The number of hydrogen-bond acceptors (Lipinski definition) is 18. The number of methoxy groups -OCH3 is 2. The zero-order valence-electron chi connectivity index (χ0n) is 82.7. The highest BCUT2D eigenvalue weighted by Crippen LogP contribution is 2.54. The van der Waals surface area contributed by atoms with Gasteiger partial charge in [0, 0.05) is 137 Å². The summed E-state index contributed by atoms with van der Waals surface area (Å²) in [7, 11) is 3.16. The minimum Gasteiger partial charge on any atom is -0.493 e. The number of halogens is 3. The van der Waals surface area contributed by atoms with Gasteiger partial charge in [-0.05, 0) is 292 Å². The number of benzene rings is 13. The Bertz CT molecular complexity index is 7700. The summed E-state index contributed by atoms with van der Waals surface area (Å²) in [5, 5.41) is 32.5. The Morgan fingerprint density at radius 2 is 0.676 bits per heavy atom. The van der Waals surface area contributed by atoms with Gasteiger partial charge >= 0.3 is 11.9 Å².